The van der Waals surface area contributed by atoms with Crippen molar-refractivity contribution in [1.29, 1.82) is 0 Å². The number of alkyl halides is 3. The molecule has 4 heterocycles. The summed E-state index contributed by atoms with van der Waals surface area (Å²) in [6.07, 6.45) is -0.468. The number of hydrogen-bond acceptors (Lipinski definition) is 8. The molecule has 4 rings (SSSR count). The standard InChI is InChI=1S/C20H14ClF3N6O2/c21-14-3-11(16(32)9-31)5-27-18(14)15-4-10-6-28-30-19(13(10)8-25-15)29-17-2-1-12(7-26-17)20(22,23)24/h1-8,16,31-32H,9H2,(H,26,29,30)/t16-/m0/s1. The Balaban J connectivity index is 1.64. The molecular formula is C20H14ClF3N6O2. The molecule has 0 saturated carbocycles. The number of rotatable bonds is 5. The average Bonchev–Trinajstić information content (AvgIpc) is 2.78. The average molecular weight is 463 g/mol. The van der Waals surface area contributed by atoms with Crippen molar-refractivity contribution in [3.8, 4) is 11.4 Å². The van der Waals surface area contributed by atoms with Crippen LogP contribution in [0.1, 0.15) is 17.2 Å². The molecule has 0 radical (unpaired) electrons. The van der Waals surface area contributed by atoms with Crippen LogP contribution in [0.5, 0.6) is 0 Å². The zero-order chi connectivity index (χ0) is 22.9. The molecule has 0 aromatic carbocycles. The second-order valence-corrected chi connectivity index (χ2v) is 7.11. The minimum absolute atomic E-state index is 0.159. The summed E-state index contributed by atoms with van der Waals surface area (Å²) >= 11 is 6.28. The van der Waals surface area contributed by atoms with Crippen LogP contribution in [-0.2, 0) is 6.18 Å². The fraction of sp³-hybridized carbons (Fsp3) is 0.150. The van der Waals surface area contributed by atoms with Gasteiger partial charge >= 0.3 is 6.18 Å². The molecule has 32 heavy (non-hydrogen) atoms. The monoisotopic (exact) mass is 462 g/mol. The van der Waals surface area contributed by atoms with Crippen LogP contribution in [0.3, 0.4) is 0 Å². The largest absolute Gasteiger partial charge is 0.417 e. The fourth-order valence-corrected chi connectivity index (χ4v) is 3.16. The van der Waals surface area contributed by atoms with Crippen LogP contribution in [0, 0.1) is 0 Å². The summed E-state index contributed by atoms with van der Waals surface area (Å²) < 4.78 is 38.1. The lowest BCUT2D eigenvalue weighted by Gasteiger charge is -2.11. The first kappa shape index (κ1) is 21.8. The Kier molecular flexibility index (Phi) is 5.87. The quantitative estimate of drug-likeness (QED) is 0.408. The lowest BCUT2D eigenvalue weighted by atomic mass is 10.1. The van der Waals surface area contributed by atoms with E-state index < -0.39 is 24.5 Å². The van der Waals surface area contributed by atoms with Crippen LogP contribution in [0.2, 0.25) is 5.02 Å². The van der Waals surface area contributed by atoms with E-state index in [1.54, 1.807) is 6.07 Å². The van der Waals surface area contributed by atoms with E-state index in [1.807, 2.05) is 0 Å². The van der Waals surface area contributed by atoms with Crippen molar-refractivity contribution in [2.75, 3.05) is 11.9 Å². The van der Waals surface area contributed by atoms with Crippen LogP contribution < -0.4 is 5.32 Å². The highest BCUT2D eigenvalue weighted by Gasteiger charge is 2.30. The number of pyridine rings is 3. The maximum Gasteiger partial charge on any atom is 0.417 e. The SMILES string of the molecule is OC[C@H](O)c1cnc(-c2cc3cnnc(Nc4ccc(C(F)(F)F)cn4)c3cn2)c(Cl)c1. The summed E-state index contributed by atoms with van der Waals surface area (Å²) in [7, 11) is 0. The third-order valence-electron chi connectivity index (χ3n) is 4.55. The number of aliphatic hydroxyl groups is 2. The molecule has 12 heteroatoms. The molecule has 0 aliphatic heterocycles. The van der Waals surface area contributed by atoms with Gasteiger partial charge in [0.1, 0.15) is 17.6 Å². The van der Waals surface area contributed by atoms with Gasteiger partial charge in [0.05, 0.1) is 29.1 Å². The fourth-order valence-electron chi connectivity index (χ4n) is 2.89. The lowest BCUT2D eigenvalue weighted by Crippen LogP contribution is -2.06. The lowest BCUT2D eigenvalue weighted by molar-refractivity contribution is -0.137. The Morgan fingerprint density at radius 3 is 2.50 bits per heavy atom. The maximum absolute atomic E-state index is 12.7. The molecule has 0 bridgehead atoms. The molecule has 0 unspecified atom stereocenters. The zero-order valence-electron chi connectivity index (χ0n) is 16.0. The van der Waals surface area contributed by atoms with E-state index >= 15 is 0 Å². The maximum atomic E-state index is 12.7. The molecule has 3 N–H and O–H groups in total. The van der Waals surface area contributed by atoms with Crippen LogP contribution in [0.25, 0.3) is 22.2 Å². The summed E-state index contributed by atoms with van der Waals surface area (Å²) in [6, 6.07) is 5.27. The summed E-state index contributed by atoms with van der Waals surface area (Å²) in [5.74, 6) is 0.417. The third-order valence-corrected chi connectivity index (χ3v) is 4.83. The molecule has 0 aliphatic rings. The number of nitrogens with one attached hydrogen (secondary N) is 1. The molecule has 1 atom stereocenters. The minimum Gasteiger partial charge on any atom is -0.393 e. The molecular weight excluding hydrogens is 449 g/mol. The van der Waals surface area contributed by atoms with Crippen molar-refractivity contribution in [2.24, 2.45) is 0 Å². The van der Waals surface area contributed by atoms with Gasteiger partial charge in [-0.3, -0.25) is 9.97 Å². The predicted molar refractivity (Wildman–Crippen MR) is 110 cm³/mol. The van der Waals surface area contributed by atoms with E-state index in [2.05, 4.69) is 30.5 Å². The molecule has 0 spiro atoms. The highest BCUT2D eigenvalue weighted by molar-refractivity contribution is 6.33. The third kappa shape index (κ3) is 4.44. The van der Waals surface area contributed by atoms with Crippen LogP contribution in [0.4, 0.5) is 24.8 Å². The molecule has 4 aromatic rings. The van der Waals surface area contributed by atoms with Crippen molar-refractivity contribution in [1.82, 2.24) is 25.1 Å². The smallest absolute Gasteiger partial charge is 0.393 e. The minimum atomic E-state index is -4.48. The van der Waals surface area contributed by atoms with Gasteiger partial charge in [0.2, 0.25) is 0 Å². The summed E-state index contributed by atoms with van der Waals surface area (Å²) in [5.41, 5.74) is 0.293. The second-order valence-electron chi connectivity index (χ2n) is 6.70. The van der Waals surface area contributed by atoms with Gasteiger partial charge in [-0.2, -0.15) is 18.3 Å². The van der Waals surface area contributed by atoms with Crippen LogP contribution >= 0.6 is 11.6 Å². The van der Waals surface area contributed by atoms with Crippen molar-refractivity contribution < 1.29 is 23.4 Å². The first-order valence-corrected chi connectivity index (χ1v) is 9.50. The Morgan fingerprint density at radius 1 is 1.03 bits per heavy atom. The first-order valence-electron chi connectivity index (χ1n) is 9.12. The van der Waals surface area contributed by atoms with Gasteiger partial charge in [-0.15, -0.1) is 5.10 Å². The molecule has 8 nitrogen and oxygen atoms in total. The first-order chi connectivity index (χ1) is 15.3. The zero-order valence-corrected chi connectivity index (χ0v) is 16.8. The number of anilines is 2. The van der Waals surface area contributed by atoms with Gasteiger partial charge < -0.3 is 15.5 Å². The molecule has 0 fully saturated rings. The van der Waals surface area contributed by atoms with Crippen LogP contribution in [-0.4, -0.2) is 42.0 Å². The van der Waals surface area contributed by atoms with Crippen molar-refractivity contribution in [2.45, 2.75) is 12.3 Å². The van der Waals surface area contributed by atoms with Crippen molar-refractivity contribution in [3.05, 3.63) is 65.2 Å². The molecule has 0 aliphatic carbocycles. The highest BCUT2D eigenvalue weighted by atomic mass is 35.5. The Hall–Kier alpha value is -3.41. The van der Waals surface area contributed by atoms with E-state index in [-0.39, 0.29) is 16.7 Å². The summed E-state index contributed by atoms with van der Waals surface area (Å²) in [5, 5.41) is 30.9. The molecule has 4 aromatic heterocycles. The molecule has 0 saturated heterocycles. The molecule has 0 amide bonds. The van der Waals surface area contributed by atoms with Gasteiger partial charge in [-0.25, -0.2) is 4.98 Å². The van der Waals surface area contributed by atoms with E-state index in [1.165, 1.54) is 30.7 Å². The van der Waals surface area contributed by atoms with E-state index in [0.717, 1.165) is 12.3 Å². The van der Waals surface area contributed by atoms with E-state index in [0.29, 0.717) is 27.7 Å². The van der Waals surface area contributed by atoms with Gasteiger partial charge in [-0.1, -0.05) is 11.6 Å². The number of fused-ring (bicyclic) bond motifs is 1. The molecule has 164 valence electrons. The predicted octanol–water partition coefficient (Wildman–Crippen LogP) is 3.92. The van der Waals surface area contributed by atoms with Crippen molar-refractivity contribution in [3.63, 3.8) is 0 Å². The number of nitrogens with zero attached hydrogens (tertiary/aromatic N) is 5. The summed E-state index contributed by atoms with van der Waals surface area (Å²) in [4.78, 5) is 12.3. The number of hydrogen-bond donors (Lipinski definition) is 3. The topological polar surface area (TPSA) is 117 Å². The number of aromatic nitrogens is 5. The van der Waals surface area contributed by atoms with Crippen molar-refractivity contribution >= 4 is 34.0 Å². The number of aliphatic hydroxyl groups excluding tert-OH is 2. The summed E-state index contributed by atoms with van der Waals surface area (Å²) in [6.45, 7) is -0.464. The Morgan fingerprint density at radius 2 is 1.84 bits per heavy atom. The van der Waals surface area contributed by atoms with E-state index in [9.17, 15) is 18.3 Å². The van der Waals surface area contributed by atoms with Gasteiger partial charge in [0.15, 0.2) is 5.82 Å². The highest BCUT2D eigenvalue weighted by Crippen LogP contribution is 2.31. The van der Waals surface area contributed by atoms with Gasteiger partial charge in [0.25, 0.3) is 0 Å². The van der Waals surface area contributed by atoms with Gasteiger partial charge in [-0.05, 0) is 24.3 Å². The Labute approximate surface area is 183 Å². The van der Waals surface area contributed by atoms with Gasteiger partial charge in [0, 0.05) is 34.9 Å². The normalized spacial score (nSPS) is 12.7. The Bertz CT molecular complexity index is 1270. The number of halogens is 4. The second kappa shape index (κ2) is 8.61. The van der Waals surface area contributed by atoms with Crippen LogP contribution in [0.15, 0.2) is 49.1 Å². The van der Waals surface area contributed by atoms with E-state index in [4.69, 9.17) is 16.7 Å².